The minimum absolute atomic E-state index is 0.0428. The molecule has 1 unspecified atom stereocenters. The van der Waals surface area contributed by atoms with Gasteiger partial charge < -0.3 is 19.5 Å². The first-order chi connectivity index (χ1) is 13.6. The van der Waals surface area contributed by atoms with Crippen LogP contribution >= 0.6 is 0 Å². The zero-order valence-corrected chi connectivity index (χ0v) is 16.5. The van der Waals surface area contributed by atoms with E-state index in [4.69, 9.17) is 9.47 Å². The molecule has 1 N–H and O–H groups in total. The molecule has 1 aliphatic heterocycles. The third-order valence-corrected chi connectivity index (χ3v) is 4.96. The molecule has 6 heteroatoms. The number of benzene rings is 2. The molecule has 1 atom stereocenters. The number of ketones is 1. The Balaban J connectivity index is 1.46. The highest BCUT2D eigenvalue weighted by molar-refractivity contribution is 5.96. The van der Waals surface area contributed by atoms with Gasteiger partial charge in [0.25, 0.3) is 0 Å². The number of carbonyl (C=O) groups excluding carboxylic acids is 1. The molecule has 2 aromatic rings. The van der Waals surface area contributed by atoms with Crippen LogP contribution in [0.5, 0.6) is 11.5 Å². The summed E-state index contributed by atoms with van der Waals surface area (Å²) in [5.74, 6) is 1.34. The number of aliphatic hydroxyl groups is 1. The fourth-order valence-corrected chi connectivity index (χ4v) is 3.42. The Hall–Kier alpha value is -2.57. The zero-order chi connectivity index (χ0) is 19.9. The van der Waals surface area contributed by atoms with Crippen molar-refractivity contribution >= 4 is 11.5 Å². The number of carbonyl (C=O) groups is 1. The van der Waals surface area contributed by atoms with E-state index >= 15 is 0 Å². The molecule has 3 rings (SSSR count). The van der Waals surface area contributed by atoms with Crippen LogP contribution in [0.1, 0.15) is 17.3 Å². The van der Waals surface area contributed by atoms with Crippen molar-refractivity contribution in [3.8, 4) is 11.5 Å². The third kappa shape index (κ3) is 5.24. The summed E-state index contributed by atoms with van der Waals surface area (Å²) in [6.45, 7) is 5.77. The molecule has 0 amide bonds. The number of hydrogen-bond donors (Lipinski definition) is 1. The van der Waals surface area contributed by atoms with Crippen LogP contribution < -0.4 is 14.4 Å². The zero-order valence-electron chi connectivity index (χ0n) is 16.5. The lowest BCUT2D eigenvalue weighted by atomic mass is 10.1. The SMILES string of the molecule is COc1cccc(N2CCN(CC(O)COc3ccccc3C(C)=O)CC2)c1. The number of piperazine rings is 1. The maximum atomic E-state index is 11.7. The second kappa shape index (κ2) is 9.57. The molecule has 150 valence electrons. The fraction of sp³-hybridized carbons (Fsp3) is 0.409. The van der Waals surface area contributed by atoms with E-state index in [2.05, 4.69) is 15.9 Å². The number of para-hydroxylation sites is 1. The molecule has 0 spiro atoms. The van der Waals surface area contributed by atoms with Crippen LogP contribution in [0.15, 0.2) is 48.5 Å². The van der Waals surface area contributed by atoms with E-state index in [1.54, 1.807) is 19.2 Å². The summed E-state index contributed by atoms with van der Waals surface area (Å²) in [6.07, 6.45) is -0.608. The second-order valence-corrected chi connectivity index (χ2v) is 7.01. The molecular weight excluding hydrogens is 356 g/mol. The van der Waals surface area contributed by atoms with Crippen molar-refractivity contribution in [3.05, 3.63) is 54.1 Å². The van der Waals surface area contributed by atoms with Crippen molar-refractivity contribution in [2.24, 2.45) is 0 Å². The van der Waals surface area contributed by atoms with Gasteiger partial charge in [-0.25, -0.2) is 0 Å². The Bertz CT molecular complexity index is 788. The highest BCUT2D eigenvalue weighted by Crippen LogP contribution is 2.22. The van der Waals surface area contributed by atoms with E-state index in [1.807, 2.05) is 30.3 Å². The molecule has 0 aliphatic carbocycles. The van der Waals surface area contributed by atoms with Gasteiger partial charge in [-0.3, -0.25) is 9.69 Å². The van der Waals surface area contributed by atoms with Crippen molar-refractivity contribution in [3.63, 3.8) is 0 Å². The Kier molecular flexibility index (Phi) is 6.90. The summed E-state index contributed by atoms with van der Waals surface area (Å²) in [4.78, 5) is 16.2. The quantitative estimate of drug-likeness (QED) is 0.706. The van der Waals surface area contributed by atoms with Crippen molar-refractivity contribution in [2.75, 3.05) is 51.3 Å². The van der Waals surface area contributed by atoms with Gasteiger partial charge >= 0.3 is 0 Å². The van der Waals surface area contributed by atoms with E-state index in [-0.39, 0.29) is 12.4 Å². The Morgan fingerprint density at radius 2 is 1.86 bits per heavy atom. The van der Waals surface area contributed by atoms with Gasteiger partial charge in [-0.2, -0.15) is 0 Å². The molecule has 0 saturated carbocycles. The smallest absolute Gasteiger partial charge is 0.163 e. The first-order valence-electron chi connectivity index (χ1n) is 9.59. The summed E-state index contributed by atoms with van der Waals surface area (Å²) in [7, 11) is 1.68. The Morgan fingerprint density at radius 3 is 2.57 bits per heavy atom. The van der Waals surface area contributed by atoms with Crippen LogP contribution in [0.2, 0.25) is 0 Å². The van der Waals surface area contributed by atoms with Crippen LogP contribution in [0, 0.1) is 0 Å². The van der Waals surface area contributed by atoms with E-state index in [1.165, 1.54) is 6.92 Å². The minimum atomic E-state index is -0.608. The highest BCUT2D eigenvalue weighted by Gasteiger charge is 2.20. The maximum absolute atomic E-state index is 11.7. The molecule has 1 aliphatic rings. The number of anilines is 1. The Morgan fingerprint density at radius 1 is 1.11 bits per heavy atom. The van der Waals surface area contributed by atoms with Crippen molar-refractivity contribution < 1.29 is 19.4 Å². The predicted molar refractivity (Wildman–Crippen MR) is 110 cm³/mol. The minimum Gasteiger partial charge on any atom is -0.497 e. The normalized spacial score (nSPS) is 15.9. The van der Waals surface area contributed by atoms with Crippen LogP contribution in [0.25, 0.3) is 0 Å². The molecule has 0 radical (unpaired) electrons. The number of nitrogens with zero attached hydrogens (tertiary/aromatic N) is 2. The summed E-state index contributed by atoms with van der Waals surface area (Å²) >= 11 is 0. The predicted octanol–water partition coefficient (Wildman–Crippen LogP) is 2.46. The largest absolute Gasteiger partial charge is 0.497 e. The fourth-order valence-electron chi connectivity index (χ4n) is 3.42. The molecule has 1 fully saturated rings. The van der Waals surface area contributed by atoms with Gasteiger partial charge in [0.1, 0.15) is 24.2 Å². The topological polar surface area (TPSA) is 62.2 Å². The summed E-state index contributed by atoms with van der Waals surface area (Å²) in [6, 6.07) is 15.2. The summed E-state index contributed by atoms with van der Waals surface area (Å²) in [5.41, 5.74) is 1.70. The number of hydrogen-bond acceptors (Lipinski definition) is 6. The van der Waals surface area contributed by atoms with Crippen molar-refractivity contribution in [2.45, 2.75) is 13.0 Å². The lowest BCUT2D eigenvalue weighted by molar-refractivity contribution is 0.0656. The summed E-state index contributed by atoms with van der Waals surface area (Å²) in [5, 5.41) is 10.4. The number of Topliss-reactive ketones (excluding diaryl/α,β-unsaturated/α-hetero) is 1. The molecular formula is C22H28N2O4. The molecule has 6 nitrogen and oxygen atoms in total. The molecule has 0 aromatic heterocycles. The molecule has 1 saturated heterocycles. The van der Waals surface area contributed by atoms with Crippen molar-refractivity contribution in [1.29, 1.82) is 0 Å². The molecule has 2 aromatic carbocycles. The first-order valence-corrected chi connectivity index (χ1v) is 9.59. The number of aliphatic hydroxyl groups excluding tert-OH is 1. The van der Waals surface area contributed by atoms with Gasteiger partial charge in [-0.15, -0.1) is 0 Å². The molecule has 1 heterocycles. The van der Waals surface area contributed by atoms with Crippen molar-refractivity contribution in [1.82, 2.24) is 4.90 Å². The Labute approximate surface area is 166 Å². The average molecular weight is 384 g/mol. The maximum Gasteiger partial charge on any atom is 0.163 e. The third-order valence-electron chi connectivity index (χ3n) is 4.96. The van der Waals surface area contributed by atoms with E-state index < -0.39 is 6.10 Å². The lowest BCUT2D eigenvalue weighted by Gasteiger charge is -2.37. The van der Waals surface area contributed by atoms with Gasteiger partial charge in [0, 0.05) is 44.5 Å². The average Bonchev–Trinajstić information content (AvgIpc) is 2.73. The molecule has 28 heavy (non-hydrogen) atoms. The lowest BCUT2D eigenvalue weighted by Crippen LogP contribution is -2.49. The van der Waals surface area contributed by atoms with Gasteiger partial charge in [0.15, 0.2) is 5.78 Å². The van der Waals surface area contributed by atoms with Gasteiger partial charge in [0.2, 0.25) is 0 Å². The summed E-state index contributed by atoms with van der Waals surface area (Å²) < 4.78 is 11.0. The van der Waals surface area contributed by atoms with Gasteiger partial charge in [0.05, 0.1) is 12.7 Å². The highest BCUT2D eigenvalue weighted by atomic mass is 16.5. The molecule has 0 bridgehead atoms. The number of rotatable bonds is 8. The van der Waals surface area contributed by atoms with Crippen LogP contribution in [0.4, 0.5) is 5.69 Å². The number of ether oxygens (including phenoxy) is 2. The van der Waals surface area contributed by atoms with Gasteiger partial charge in [-0.05, 0) is 31.2 Å². The van der Waals surface area contributed by atoms with Crippen LogP contribution in [-0.4, -0.2) is 68.3 Å². The first kappa shape index (κ1) is 20.2. The van der Waals surface area contributed by atoms with Crippen LogP contribution in [0.3, 0.4) is 0 Å². The number of β-amino-alcohol motifs (C(OH)–C–C–N with tert-alkyl or cyclic N) is 1. The van der Waals surface area contributed by atoms with Crippen LogP contribution in [-0.2, 0) is 0 Å². The van der Waals surface area contributed by atoms with E-state index in [0.29, 0.717) is 17.9 Å². The second-order valence-electron chi connectivity index (χ2n) is 7.01. The standard InChI is InChI=1S/C22H28N2O4/c1-17(25)21-8-3-4-9-22(21)28-16-19(26)15-23-10-12-24(13-11-23)18-6-5-7-20(14-18)27-2/h3-9,14,19,26H,10-13,15-16H2,1-2H3. The van der Waals surface area contributed by atoms with Gasteiger partial charge in [-0.1, -0.05) is 18.2 Å². The van der Waals surface area contributed by atoms with E-state index in [9.17, 15) is 9.90 Å². The number of methoxy groups -OCH3 is 1. The monoisotopic (exact) mass is 384 g/mol. The van der Waals surface area contributed by atoms with E-state index in [0.717, 1.165) is 37.6 Å².